The number of anilines is 1. The van der Waals surface area contributed by atoms with Crippen LogP contribution in [-0.2, 0) is 9.53 Å². The van der Waals surface area contributed by atoms with Gasteiger partial charge in [-0.25, -0.2) is 4.79 Å². The second-order valence-electron chi connectivity index (χ2n) is 5.48. The number of furan rings is 1. The number of carbonyl (C=O) groups excluding carboxylic acids is 2. The third kappa shape index (κ3) is 3.54. The molecule has 132 valence electrons. The van der Waals surface area contributed by atoms with Crippen molar-refractivity contribution < 1.29 is 23.7 Å². The number of fused-ring (bicyclic) bond motifs is 1. The number of nitrogens with one attached hydrogen (secondary N) is 1. The summed E-state index contributed by atoms with van der Waals surface area (Å²) in [5.41, 5.74) is 1.26. The van der Waals surface area contributed by atoms with E-state index in [2.05, 4.69) is 5.32 Å². The molecule has 0 saturated heterocycles. The first-order valence-electron chi connectivity index (χ1n) is 7.65. The van der Waals surface area contributed by atoms with Crippen LogP contribution in [0.4, 0.5) is 11.4 Å². The van der Waals surface area contributed by atoms with Crippen LogP contribution in [0.1, 0.15) is 16.1 Å². The lowest BCUT2D eigenvalue weighted by Gasteiger charge is -2.06. The number of benzene rings is 2. The maximum Gasteiger partial charge on any atom is 0.375 e. The molecule has 0 aliphatic carbocycles. The topological polar surface area (TPSA) is 112 Å². The first-order valence-corrected chi connectivity index (χ1v) is 7.65. The molecular formula is C18H14N2O6. The van der Waals surface area contributed by atoms with Gasteiger partial charge in [-0.2, -0.15) is 0 Å². The molecule has 0 fully saturated rings. The Bertz CT molecular complexity index is 1010. The number of para-hydroxylation sites is 1. The van der Waals surface area contributed by atoms with Crippen molar-refractivity contribution >= 4 is 34.2 Å². The zero-order chi connectivity index (χ0) is 18.7. The van der Waals surface area contributed by atoms with Crippen molar-refractivity contribution in [3.8, 4) is 0 Å². The van der Waals surface area contributed by atoms with Crippen LogP contribution >= 0.6 is 0 Å². The number of ether oxygens (including phenoxy) is 1. The van der Waals surface area contributed by atoms with Crippen LogP contribution < -0.4 is 5.32 Å². The van der Waals surface area contributed by atoms with Gasteiger partial charge in [0.1, 0.15) is 5.58 Å². The molecule has 1 amide bonds. The molecule has 26 heavy (non-hydrogen) atoms. The number of nitrogens with zero attached hydrogens (tertiary/aromatic N) is 1. The van der Waals surface area contributed by atoms with E-state index in [1.807, 2.05) is 12.1 Å². The summed E-state index contributed by atoms with van der Waals surface area (Å²) in [4.78, 5) is 34.2. The molecule has 0 spiro atoms. The fraction of sp³-hybridized carbons (Fsp3) is 0.111. The van der Waals surface area contributed by atoms with E-state index < -0.39 is 23.4 Å². The predicted octanol–water partition coefficient (Wildman–Crippen LogP) is 3.44. The third-order valence-electron chi connectivity index (χ3n) is 3.70. The molecule has 0 aliphatic heterocycles. The minimum Gasteiger partial charge on any atom is -0.450 e. The standard InChI is InChI=1S/C18H14N2O6/c1-11-14-7-2-3-8-15(14)26-17(11)18(22)25-10-16(21)19-12-5-4-6-13(9-12)20(23)24/h2-9H,10H2,1H3,(H,19,21). The Kier molecular flexibility index (Phi) is 4.66. The molecule has 0 aliphatic rings. The van der Waals surface area contributed by atoms with Crippen LogP contribution in [0.2, 0.25) is 0 Å². The molecule has 3 aromatic rings. The van der Waals surface area contributed by atoms with E-state index in [-0.39, 0.29) is 17.1 Å². The molecule has 1 heterocycles. The first-order chi connectivity index (χ1) is 12.5. The molecule has 2 aromatic carbocycles. The number of rotatable bonds is 5. The molecule has 0 atom stereocenters. The summed E-state index contributed by atoms with van der Waals surface area (Å²) >= 11 is 0. The Hall–Kier alpha value is -3.68. The summed E-state index contributed by atoms with van der Waals surface area (Å²) < 4.78 is 10.4. The molecule has 3 rings (SSSR count). The van der Waals surface area contributed by atoms with Crippen LogP contribution in [0.3, 0.4) is 0 Å². The molecule has 1 aromatic heterocycles. The Labute approximate surface area is 147 Å². The van der Waals surface area contributed by atoms with Crippen LogP contribution in [0.25, 0.3) is 11.0 Å². The van der Waals surface area contributed by atoms with Gasteiger partial charge in [0.15, 0.2) is 6.61 Å². The van der Waals surface area contributed by atoms with Crippen molar-refractivity contribution in [1.29, 1.82) is 0 Å². The normalized spacial score (nSPS) is 10.5. The van der Waals surface area contributed by atoms with Crippen molar-refractivity contribution in [3.05, 3.63) is 70.0 Å². The molecule has 0 radical (unpaired) electrons. The van der Waals surface area contributed by atoms with Gasteiger partial charge in [0, 0.05) is 28.8 Å². The van der Waals surface area contributed by atoms with Gasteiger partial charge < -0.3 is 14.5 Å². The second-order valence-corrected chi connectivity index (χ2v) is 5.48. The highest BCUT2D eigenvalue weighted by Gasteiger charge is 2.20. The molecule has 0 unspecified atom stereocenters. The number of non-ortho nitro benzene ring substituents is 1. The maximum absolute atomic E-state index is 12.2. The van der Waals surface area contributed by atoms with E-state index in [9.17, 15) is 19.7 Å². The summed E-state index contributed by atoms with van der Waals surface area (Å²) in [7, 11) is 0. The van der Waals surface area contributed by atoms with Gasteiger partial charge in [0.05, 0.1) is 4.92 Å². The van der Waals surface area contributed by atoms with E-state index in [1.165, 1.54) is 24.3 Å². The van der Waals surface area contributed by atoms with E-state index in [4.69, 9.17) is 9.15 Å². The summed E-state index contributed by atoms with van der Waals surface area (Å²) in [5.74, 6) is -1.34. The third-order valence-corrected chi connectivity index (χ3v) is 3.70. The first kappa shape index (κ1) is 17.2. The van der Waals surface area contributed by atoms with Crippen molar-refractivity contribution in [1.82, 2.24) is 0 Å². The second kappa shape index (κ2) is 7.06. The number of aryl methyl sites for hydroxylation is 1. The van der Waals surface area contributed by atoms with E-state index in [0.717, 1.165) is 5.39 Å². The smallest absolute Gasteiger partial charge is 0.375 e. The Morgan fingerprint density at radius 2 is 1.96 bits per heavy atom. The van der Waals surface area contributed by atoms with E-state index >= 15 is 0 Å². The van der Waals surface area contributed by atoms with E-state index in [0.29, 0.717) is 11.1 Å². The highest BCUT2D eigenvalue weighted by atomic mass is 16.6. The number of hydrogen-bond acceptors (Lipinski definition) is 6. The molecular weight excluding hydrogens is 340 g/mol. The average molecular weight is 354 g/mol. The molecule has 0 saturated carbocycles. The quantitative estimate of drug-likeness (QED) is 0.427. The zero-order valence-electron chi connectivity index (χ0n) is 13.7. The predicted molar refractivity (Wildman–Crippen MR) is 93.0 cm³/mol. The molecule has 8 nitrogen and oxygen atoms in total. The number of esters is 1. The van der Waals surface area contributed by atoms with Crippen molar-refractivity contribution in [3.63, 3.8) is 0 Å². The van der Waals surface area contributed by atoms with Gasteiger partial charge in [-0.1, -0.05) is 24.3 Å². The summed E-state index contributed by atoms with van der Waals surface area (Å²) in [5, 5.41) is 14.0. The summed E-state index contributed by atoms with van der Waals surface area (Å²) in [6.07, 6.45) is 0. The van der Waals surface area contributed by atoms with Crippen molar-refractivity contribution in [2.24, 2.45) is 0 Å². The lowest BCUT2D eigenvalue weighted by molar-refractivity contribution is -0.384. The number of nitro groups is 1. The van der Waals surface area contributed by atoms with Crippen LogP contribution in [-0.4, -0.2) is 23.4 Å². The van der Waals surface area contributed by atoms with Gasteiger partial charge >= 0.3 is 5.97 Å². The largest absolute Gasteiger partial charge is 0.450 e. The molecule has 8 heteroatoms. The lowest BCUT2D eigenvalue weighted by Crippen LogP contribution is -2.21. The average Bonchev–Trinajstić information content (AvgIpc) is 2.97. The van der Waals surface area contributed by atoms with Gasteiger partial charge in [-0.05, 0) is 19.1 Å². The van der Waals surface area contributed by atoms with Crippen LogP contribution in [0.15, 0.2) is 52.9 Å². The lowest BCUT2D eigenvalue weighted by atomic mass is 10.1. The zero-order valence-corrected chi connectivity index (χ0v) is 13.7. The highest BCUT2D eigenvalue weighted by Crippen LogP contribution is 2.25. The number of carbonyl (C=O) groups is 2. The Morgan fingerprint density at radius 1 is 1.19 bits per heavy atom. The van der Waals surface area contributed by atoms with Crippen LogP contribution in [0, 0.1) is 17.0 Å². The molecule has 1 N–H and O–H groups in total. The highest BCUT2D eigenvalue weighted by molar-refractivity contribution is 5.98. The fourth-order valence-corrected chi connectivity index (χ4v) is 2.46. The van der Waals surface area contributed by atoms with Gasteiger partial charge in [0.25, 0.3) is 11.6 Å². The molecule has 0 bridgehead atoms. The Balaban J connectivity index is 1.63. The van der Waals surface area contributed by atoms with Crippen LogP contribution in [0.5, 0.6) is 0 Å². The van der Waals surface area contributed by atoms with Crippen molar-refractivity contribution in [2.45, 2.75) is 6.92 Å². The summed E-state index contributed by atoms with van der Waals surface area (Å²) in [6, 6.07) is 12.6. The SMILES string of the molecule is Cc1c(C(=O)OCC(=O)Nc2cccc([N+](=O)[O-])c2)oc2ccccc12. The Morgan fingerprint density at radius 3 is 2.69 bits per heavy atom. The number of amides is 1. The minimum absolute atomic E-state index is 0.0364. The van der Waals surface area contributed by atoms with Gasteiger partial charge in [-0.15, -0.1) is 0 Å². The monoisotopic (exact) mass is 354 g/mol. The maximum atomic E-state index is 12.2. The van der Waals surface area contributed by atoms with E-state index in [1.54, 1.807) is 19.1 Å². The van der Waals surface area contributed by atoms with Gasteiger partial charge in [-0.3, -0.25) is 14.9 Å². The number of nitro benzene ring substituents is 1. The van der Waals surface area contributed by atoms with Gasteiger partial charge in [0.2, 0.25) is 5.76 Å². The number of hydrogen-bond donors (Lipinski definition) is 1. The summed E-state index contributed by atoms with van der Waals surface area (Å²) in [6.45, 7) is 1.18. The minimum atomic E-state index is -0.757. The van der Waals surface area contributed by atoms with Crippen molar-refractivity contribution in [2.75, 3.05) is 11.9 Å². The fourth-order valence-electron chi connectivity index (χ4n) is 2.46.